The molecule has 1 aliphatic rings. The summed E-state index contributed by atoms with van der Waals surface area (Å²) in [6.07, 6.45) is -3.76. The number of aromatic nitrogens is 2. The lowest BCUT2D eigenvalue weighted by molar-refractivity contribution is -0.297. The van der Waals surface area contributed by atoms with Crippen molar-refractivity contribution in [3.05, 3.63) is 45.7 Å². The third-order valence-electron chi connectivity index (χ3n) is 3.68. The zero-order valence-electron chi connectivity index (χ0n) is 13.3. The highest BCUT2D eigenvalue weighted by molar-refractivity contribution is 9.10. The molecule has 1 atom stereocenters. The lowest BCUT2D eigenvalue weighted by Crippen LogP contribution is -2.56. The third-order valence-corrected chi connectivity index (χ3v) is 4.46. The van der Waals surface area contributed by atoms with Crippen LogP contribution < -0.4 is 4.74 Å². The van der Waals surface area contributed by atoms with E-state index >= 15 is 0 Å². The first kappa shape index (κ1) is 19.6. The van der Waals surface area contributed by atoms with Gasteiger partial charge in [0.25, 0.3) is 11.6 Å². The second kappa shape index (κ2) is 7.13. The molecule has 0 fully saturated rings. The fourth-order valence-corrected chi connectivity index (χ4v) is 3.00. The van der Waals surface area contributed by atoms with E-state index in [1.54, 1.807) is 18.2 Å². The van der Waals surface area contributed by atoms with Crippen molar-refractivity contribution in [2.75, 3.05) is 0 Å². The van der Waals surface area contributed by atoms with Crippen molar-refractivity contribution in [3.63, 3.8) is 0 Å². The predicted octanol–water partition coefficient (Wildman–Crippen LogP) is 3.42. The molecule has 1 aromatic carbocycles. The van der Waals surface area contributed by atoms with E-state index in [1.807, 2.05) is 0 Å². The minimum atomic E-state index is -5.07. The second-order valence-electron chi connectivity index (χ2n) is 5.52. The maximum Gasteiger partial charge on any atom is 0.438 e. The first-order chi connectivity index (χ1) is 12.6. The highest BCUT2D eigenvalue weighted by Crippen LogP contribution is 2.39. The molecule has 1 aromatic heterocycles. The number of alkyl halides is 3. The number of aliphatic hydroxyl groups is 1. The van der Waals surface area contributed by atoms with Crippen LogP contribution in [0.5, 0.6) is 5.75 Å². The standard InChI is InChI=1S/C15H11BrClF3N4O3/c16-9-1-2-12(10(17)7-9)27-8-23-6-3-11(22-23)13(25)24-14(26,4-5-21-24)15(18,19)20/h1-3,5-7,26H,4,8H2/t14-/m1/s1. The van der Waals surface area contributed by atoms with Crippen LogP contribution in [-0.4, -0.2) is 43.9 Å². The number of halogens is 5. The van der Waals surface area contributed by atoms with Crippen molar-refractivity contribution in [1.82, 2.24) is 14.8 Å². The zero-order valence-corrected chi connectivity index (χ0v) is 15.7. The van der Waals surface area contributed by atoms with E-state index < -0.39 is 24.2 Å². The van der Waals surface area contributed by atoms with E-state index in [0.717, 1.165) is 10.7 Å². The van der Waals surface area contributed by atoms with Crippen LogP contribution in [-0.2, 0) is 6.73 Å². The van der Waals surface area contributed by atoms with Gasteiger partial charge in [0.05, 0.1) is 5.02 Å². The molecular weight excluding hydrogens is 457 g/mol. The molecule has 1 aliphatic heterocycles. The number of hydrazone groups is 1. The van der Waals surface area contributed by atoms with Crippen LogP contribution in [0.1, 0.15) is 16.9 Å². The third kappa shape index (κ3) is 3.80. The molecule has 0 radical (unpaired) electrons. The molecule has 2 aromatic rings. The van der Waals surface area contributed by atoms with Gasteiger partial charge in [0.2, 0.25) is 0 Å². The molecule has 0 unspecified atom stereocenters. The lowest BCUT2D eigenvalue weighted by Gasteiger charge is -2.32. The van der Waals surface area contributed by atoms with Crippen LogP contribution in [0.25, 0.3) is 0 Å². The molecule has 0 saturated carbocycles. The molecule has 27 heavy (non-hydrogen) atoms. The molecule has 0 bridgehead atoms. The molecule has 0 saturated heterocycles. The van der Waals surface area contributed by atoms with Crippen LogP contribution in [0, 0.1) is 0 Å². The molecule has 1 amide bonds. The number of benzene rings is 1. The van der Waals surface area contributed by atoms with Crippen LogP contribution in [0.15, 0.2) is 40.0 Å². The van der Waals surface area contributed by atoms with E-state index in [1.165, 1.54) is 16.9 Å². The largest absolute Gasteiger partial charge is 0.470 e. The number of hydrogen-bond donors (Lipinski definition) is 1. The Morgan fingerprint density at radius 1 is 1.41 bits per heavy atom. The molecular formula is C15H11BrClF3N4O3. The maximum absolute atomic E-state index is 13.1. The molecule has 144 valence electrons. The number of ether oxygens (including phenoxy) is 1. The van der Waals surface area contributed by atoms with Gasteiger partial charge in [0, 0.05) is 23.3 Å². The average molecular weight is 468 g/mol. The SMILES string of the molecule is O=C(c1ccn(COc2ccc(Br)cc2Cl)n1)N1N=CC[C@@]1(O)C(F)(F)F. The van der Waals surface area contributed by atoms with Crippen molar-refractivity contribution >= 4 is 39.7 Å². The minimum Gasteiger partial charge on any atom is -0.470 e. The Balaban J connectivity index is 1.72. The number of hydrogen-bond acceptors (Lipinski definition) is 5. The molecule has 0 aliphatic carbocycles. The zero-order chi connectivity index (χ0) is 19.8. The number of carbonyl (C=O) groups excluding carboxylic acids is 1. The Hall–Kier alpha value is -2.11. The normalized spacial score (nSPS) is 19.6. The summed E-state index contributed by atoms with van der Waals surface area (Å²) in [5.74, 6) is -0.831. The Morgan fingerprint density at radius 2 is 2.15 bits per heavy atom. The smallest absolute Gasteiger partial charge is 0.438 e. The number of rotatable bonds is 4. The second-order valence-corrected chi connectivity index (χ2v) is 6.84. The van der Waals surface area contributed by atoms with Crippen LogP contribution in [0.3, 0.4) is 0 Å². The summed E-state index contributed by atoms with van der Waals surface area (Å²) < 4.78 is 46.6. The first-order valence-corrected chi connectivity index (χ1v) is 8.56. The van der Waals surface area contributed by atoms with E-state index in [0.29, 0.717) is 10.8 Å². The molecule has 2 heterocycles. The van der Waals surface area contributed by atoms with Gasteiger partial charge in [0.1, 0.15) is 5.75 Å². The molecule has 1 N–H and O–H groups in total. The minimum absolute atomic E-state index is 0.0217. The summed E-state index contributed by atoms with van der Waals surface area (Å²) in [5.41, 5.74) is -3.72. The highest BCUT2D eigenvalue weighted by Gasteiger charge is 2.61. The Labute approximate surface area is 164 Å². The van der Waals surface area contributed by atoms with Gasteiger partial charge in [-0.3, -0.25) is 4.79 Å². The summed E-state index contributed by atoms with van der Waals surface area (Å²) in [7, 11) is 0. The molecule has 3 rings (SSSR count). The highest BCUT2D eigenvalue weighted by atomic mass is 79.9. The monoisotopic (exact) mass is 466 g/mol. The summed E-state index contributed by atoms with van der Waals surface area (Å²) >= 11 is 9.27. The first-order valence-electron chi connectivity index (χ1n) is 7.39. The number of nitrogens with zero attached hydrogens (tertiary/aromatic N) is 4. The van der Waals surface area contributed by atoms with E-state index in [9.17, 15) is 23.1 Å². The van der Waals surface area contributed by atoms with E-state index in [-0.39, 0.29) is 17.4 Å². The van der Waals surface area contributed by atoms with Crippen molar-refractivity contribution < 1.29 is 27.8 Å². The van der Waals surface area contributed by atoms with Crippen molar-refractivity contribution in [3.8, 4) is 5.75 Å². The average Bonchev–Trinajstić information content (AvgIpc) is 3.20. The van der Waals surface area contributed by atoms with Crippen molar-refractivity contribution in [2.45, 2.75) is 25.1 Å². The summed E-state index contributed by atoms with van der Waals surface area (Å²) in [4.78, 5) is 12.3. The van der Waals surface area contributed by atoms with Gasteiger partial charge in [-0.25, -0.2) is 4.68 Å². The summed E-state index contributed by atoms with van der Waals surface area (Å²) in [6.45, 7) is -0.137. The van der Waals surface area contributed by atoms with Crippen LogP contribution in [0.2, 0.25) is 5.02 Å². The lowest BCUT2D eigenvalue weighted by atomic mass is 10.1. The fraction of sp³-hybridized carbons (Fsp3) is 0.267. The Kier molecular flexibility index (Phi) is 5.19. The molecule has 7 nitrogen and oxygen atoms in total. The van der Waals surface area contributed by atoms with Crippen molar-refractivity contribution in [1.29, 1.82) is 0 Å². The predicted molar refractivity (Wildman–Crippen MR) is 92.3 cm³/mol. The van der Waals surface area contributed by atoms with Gasteiger partial charge in [0.15, 0.2) is 12.4 Å². The Morgan fingerprint density at radius 3 is 2.81 bits per heavy atom. The van der Waals surface area contributed by atoms with Crippen LogP contribution >= 0.6 is 27.5 Å². The van der Waals surface area contributed by atoms with Crippen LogP contribution in [0.4, 0.5) is 13.2 Å². The van der Waals surface area contributed by atoms with E-state index in [4.69, 9.17) is 16.3 Å². The molecule has 12 heteroatoms. The quantitative estimate of drug-likeness (QED) is 0.747. The topological polar surface area (TPSA) is 80.0 Å². The van der Waals surface area contributed by atoms with Crippen molar-refractivity contribution in [2.24, 2.45) is 5.10 Å². The number of amides is 1. The molecule has 0 spiro atoms. The summed E-state index contributed by atoms with van der Waals surface area (Å²) in [5, 5.41) is 17.3. The fourth-order valence-electron chi connectivity index (χ4n) is 2.27. The van der Waals surface area contributed by atoms with Gasteiger partial charge >= 0.3 is 6.18 Å². The van der Waals surface area contributed by atoms with Gasteiger partial charge in [-0.1, -0.05) is 27.5 Å². The van der Waals surface area contributed by atoms with Gasteiger partial charge in [-0.15, -0.1) is 0 Å². The summed E-state index contributed by atoms with van der Waals surface area (Å²) in [6, 6.07) is 6.14. The van der Waals surface area contributed by atoms with Gasteiger partial charge in [-0.2, -0.15) is 28.4 Å². The Bertz CT molecular complexity index is 905. The van der Waals surface area contributed by atoms with Gasteiger partial charge < -0.3 is 9.84 Å². The maximum atomic E-state index is 13.1. The van der Waals surface area contributed by atoms with Gasteiger partial charge in [-0.05, 0) is 24.3 Å². The van der Waals surface area contributed by atoms with E-state index in [2.05, 4.69) is 26.1 Å². The number of carbonyl (C=O) groups is 1.